The van der Waals surface area contributed by atoms with Crippen LogP contribution in [0.15, 0.2) is 0 Å². The lowest BCUT2D eigenvalue weighted by molar-refractivity contribution is -0.726. The highest BCUT2D eigenvalue weighted by Gasteiger charge is 2.48. The van der Waals surface area contributed by atoms with E-state index in [1.807, 2.05) is 0 Å². The zero-order valence-corrected chi connectivity index (χ0v) is 22.6. The van der Waals surface area contributed by atoms with Crippen LogP contribution in [0.5, 0.6) is 0 Å². The lowest BCUT2D eigenvalue weighted by atomic mass is 10.0. The molecule has 0 amide bonds. The second kappa shape index (κ2) is 18.2. The summed E-state index contributed by atoms with van der Waals surface area (Å²) in [4.78, 5) is 14.9. The molecule has 0 spiro atoms. The van der Waals surface area contributed by atoms with E-state index in [4.69, 9.17) is 18.9 Å². The summed E-state index contributed by atoms with van der Waals surface area (Å²) in [6.45, 7) is 10.9. The predicted octanol–water partition coefficient (Wildman–Crippen LogP) is 6.93. The SMILES string of the molecule is CC(C)CCCCCCCOC1(OCCCCCCCC(C)C)OOOOOP(=O)(O)OC1C. The summed E-state index contributed by atoms with van der Waals surface area (Å²) in [6.07, 6.45) is 11.7. The van der Waals surface area contributed by atoms with Crippen LogP contribution in [0.2, 0.25) is 0 Å². The Morgan fingerprint density at radius 3 is 1.74 bits per heavy atom. The molecule has 0 aliphatic carbocycles. The third-order valence-corrected chi connectivity index (χ3v) is 6.41. The van der Waals surface area contributed by atoms with Gasteiger partial charge in [-0.2, -0.15) is 0 Å². The average molecular weight is 515 g/mol. The highest BCUT2D eigenvalue weighted by molar-refractivity contribution is 7.47. The van der Waals surface area contributed by atoms with Crippen LogP contribution in [0.3, 0.4) is 0 Å². The molecule has 10 nitrogen and oxygen atoms in total. The fourth-order valence-electron chi connectivity index (χ4n) is 3.60. The Kier molecular flexibility index (Phi) is 17.0. The van der Waals surface area contributed by atoms with E-state index in [0.717, 1.165) is 50.4 Å². The van der Waals surface area contributed by atoms with Crippen LogP contribution in [-0.4, -0.2) is 30.2 Å². The topological polar surface area (TPSA) is 111 Å². The van der Waals surface area contributed by atoms with Crippen molar-refractivity contribution >= 4 is 7.82 Å². The fraction of sp³-hybridized carbons (Fsp3) is 1.00. The third kappa shape index (κ3) is 15.1. The molecule has 0 aromatic carbocycles. The summed E-state index contributed by atoms with van der Waals surface area (Å²) in [7, 11) is -4.62. The molecule has 1 N–H and O–H groups in total. The Balaban J connectivity index is 2.54. The molecule has 0 aromatic heterocycles. The average Bonchev–Trinajstić information content (AvgIpc) is 2.80. The minimum absolute atomic E-state index is 0.272. The van der Waals surface area contributed by atoms with Crippen LogP contribution in [0.25, 0.3) is 0 Å². The number of phosphoric ester groups is 1. The molecule has 1 aliphatic rings. The molecule has 11 heteroatoms. The zero-order valence-electron chi connectivity index (χ0n) is 21.7. The summed E-state index contributed by atoms with van der Waals surface area (Å²) in [5.74, 6) is -0.481. The molecule has 2 atom stereocenters. The summed E-state index contributed by atoms with van der Waals surface area (Å²) >= 11 is 0. The van der Waals surface area contributed by atoms with Gasteiger partial charge in [0.05, 0.1) is 13.2 Å². The van der Waals surface area contributed by atoms with Gasteiger partial charge in [0.15, 0.2) is 6.10 Å². The van der Waals surface area contributed by atoms with Gasteiger partial charge in [-0.3, -0.25) is 4.52 Å². The molecule has 204 valence electrons. The minimum Gasteiger partial charge on any atom is -0.323 e. The molecular weight excluding hydrogens is 467 g/mol. The second-order valence-electron chi connectivity index (χ2n) is 9.78. The maximum atomic E-state index is 12.0. The smallest absolute Gasteiger partial charge is 0.323 e. The van der Waals surface area contributed by atoms with Gasteiger partial charge in [-0.05, 0) is 46.7 Å². The maximum Gasteiger partial charge on any atom is 0.502 e. The fourth-order valence-corrected chi connectivity index (χ4v) is 4.26. The van der Waals surface area contributed by atoms with E-state index in [1.54, 1.807) is 0 Å². The van der Waals surface area contributed by atoms with Gasteiger partial charge in [0.25, 0.3) is 0 Å². The van der Waals surface area contributed by atoms with Gasteiger partial charge in [-0.25, -0.2) is 4.57 Å². The molecule has 2 unspecified atom stereocenters. The Morgan fingerprint density at radius 1 is 0.765 bits per heavy atom. The summed E-state index contributed by atoms with van der Waals surface area (Å²) in [5, 5.41) is 12.7. The van der Waals surface area contributed by atoms with Crippen molar-refractivity contribution in [2.75, 3.05) is 13.2 Å². The van der Waals surface area contributed by atoms with Gasteiger partial charge >= 0.3 is 13.8 Å². The molecule has 34 heavy (non-hydrogen) atoms. The number of unbranched alkanes of at least 4 members (excludes halogenated alkanes) is 8. The Morgan fingerprint density at radius 2 is 1.24 bits per heavy atom. The molecule has 0 aromatic rings. The van der Waals surface area contributed by atoms with Crippen molar-refractivity contribution in [1.82, 2.24) is 0 Å². The highest BCUT2D eigenvalue weighted by atomic mass is 31.2. The van der Waals surface area contributed by atoms with Crippen molar-refractivity contribution in [2.24, 2.45) is 11.8 Å². The summed E-state index contributed by atoms with van der Waals surface area (Å²) in [5.41, 5.74) is 0. The monoisotopic (exact) mass is 514 g/mol. The number of hydrogen-bond donors (Lipinski definition) is 1. The quantitative estimate of drug-likeness (QED) is 0.0894. The first-order chi connectivity index (χ1) is 16.2. The molecule has 1 saturated heterocycles. The van der Waals surface area contributed by atoms with Gasteiger partial charge in [0, 0.05) is 0 Å². The molecule has 0 saturated carbocycles. The van der Waals surface area contributed by atoms with E-state index in [9.17, 15) is 9.46 Å². The van der Waals surface area contributed by atoms with Gasteiger partial charge < -0.3 is 14.4 Å². The molecule has 1 heterocycles. The van der Waals surface area contributed by atoms with E-state index < -0.39 is 19.9 Å². The number of ether oxygens (including phenoxy) is 2. The molecule has 1 fully saturated rings. The van der Waals surface area contributed by atoms with Crippen LogP contribution >= 0.6 is 7.82 Å². The van der Waals surface area contributed by atoms with Crippen molar-refractivity contribution in [3.05, 3.63) is 0 Å². The summed E-state index contributed by atoms with van der Waals surface area (Å²) in [6, 6.07) is 0. The Labute approximate surface area is 205 Å². The van der Waals surface area contributed by atoms with Crippen molar-refractivity contribution < 1.29 is 48.1 Å². The molecular formula is C23H47O10P. The summed E-state index contributed by atoms with van der Waals surface area (Å²) < 4.78 is 32.9. The second-order valence-corrected chi connectivity index (χ2v) is 11.1. The number of rotatable bonds is 18. The van der Waals surface area contributed by atoms with Crippen molar-refractivity contribution in [1.29, 1.82) is 0 Å². The van der Waals surface area contributed by atoms with Gasteiger partial charge in [-0.15, -0.1) is 4.89 Å². The normalized spacial score (nSPS) is 23.7. The Bertz CT molecular complexity index is 522. The van der Waals surface area contributed by atoms with Crippen LogP contribution in [-0.2, 0) is 43.2 Å². The van der Waals surface area contributed by atoms with E-state index >= 15 is 0 Å². The van der Waals surface area contributed by atoms with Crippen LogP contribution in [0.4, 0.5) is 0 Å². The molecule has 1 aliphatic heterocycles. The minimum atomic E-state index is -4.62. The number of phosphoric acid groups is 1. The standard InChI is InChI=1S/C23H47O10P/c1-20(2)16-12-8-6-10-14-18-26-23(27-19-15-11-7-9-13-17-21(3)4)22(5)28-34(24,25)33-32-31-30-29-23/h20-22H,6-19H2,1-5H3,(H,24,25). The van der Waals surface area contributed by atoms with E-state index in [2.05, 4.69) is 47.5 Å². The van der Waals surface area contributed by atoms with Gasteiger partial charge in [0.1, 0.15) is 0 Å². The third-order valence-electron chi connectivity index (χ3n) is 5.58. The van der Waals surface area contributed by atoms with Crippen LogP contribution < -0.4 is 0 Å². The zero-order chi connectivity index (χ0) is 25.3. The van der Waals surface area contributed by atoms with E-state index in [0.29, 0.717) is 0 Å². The lowest BCUT2D eigenvalue weighted by Crippen LogP contribution is -2.49. The van der Waals surface area contributed by atoms with Gasteiger partial charge in [0.2, 0.25) is 0 Å². The van der Waals surface area contributed by atoms with E-state index in [1.165, 1.54) is 45.4 Å². The largest absolute Gasteiger partial charge is 0.502 e. The lowest BCUT2D eigenvalue weighted by Gasteiger charge is -2.34. The van der Waals surface area contributed by atoms with E-state index in [-0.39, 0.29) is 13.2 Å². The van der Waals surface area contributed by atoms with Gasteiger partial charge in [-0.1, -0.05) is 96.6 Å². The molecule has 0 bridgehead atoms. The first-order valence-electron chi connectivity index (χ1n) is 12.8. The molecule has 0 radical (unpaired) electrons. The Hall–Kier alpha value is -0.130. The number of hydrogen-bond acceptors (Lipinski definition) is 9. The van der Waals surface area contributed by atoms with Crippen molar-refractivity contribution in [3.63, 3.8) is 0 Å². The predicted molar refractivity (Wildman–Crippen MR) is 126 cm³/mol. The van der Waals surface area contributed by atoms with Crippen LogP contribution in [0.1, 0.15) is 112 Å². The first kappa shape index (κ1) is 31.9. The first-order valence-corrected chi connectivity index (χ1v) is 14.3. The highest BCUT2D eigenvalue weighted by Crippen LogP contribution is 2.48. The van der Waals surface area contributed by atoms with Crippen LogP contribution in [0, 0.1) is 11.8 Å². The molecule has 1 rings (SSSR count). The van der Waals surface area contributed by atoms with Crippen molar-refractivity contribution in [3.8, 4) is 0 Å². The maximum absolute atomic E-state index is 12.0. The van der Waals surface area contributed by atoms with Crippen molar-refractivity contribution in [2.45, 2.75) is 124 Å².